The van der Waals surface area contributed by atoms with Crippen LogP contribution in [0.4, 0.5) is 4.79 Å². The molecular formula is C30H50N4O4. The molecule has 8 nitrogen and oxygen atoms in total. The van der Waals surface area contributed by atoms with Crippen molar-refractivity contribution in [1.29, 1.82) is 0 Å². The zero-order chi connectivity index (χ0) is 28.6. The third kappa shape index (κ3) is 7.14. The number of imide groups is 1. The molecule has 1 fully saturated rings. The van der Waals surface area contributed by atoms with Crippen molar-refractivity contribution in [2.24, 2.45) is 5.41 Å². The fourth-order valence-corrected chi connectivity index (χ4v) is 5.36. The number of nitrogens with zero attached hydrogens (tertiary/aromatic N) is 3. The molecule has 0 aromatic heterocycles. The molecular weight excluding hydrogens is 480 g/mol. The Morgan fingerprint density at radius 1 is 1.03 bits per heavy atom. The summed E-state index contributed by atoms with van der Waals surface area (Å²) in [6, 6.07) is 8.15. The number of hydrogen-bond donors (Lipinski definition) is 1. The van der Waals surface area contributed by atoms with E-state index in [1.54, 1.807) is 11.9 Å². The molecule has 1 aromatic rings. The van der Waals surface area contributed by atoms with E-state index >= 15 is 0 Å². The molecule has 1 aromatic carbocycles. The van der Waals surface area contributed by atoms with Gasteiger partial charge >= 0.3 is 6.03 Å². The highest BCUT2D eigenvalue weighted by atomic mass is 16.5. The number of benzene rings is 1. The maximum atomic E-state index is 13.4. The Bertz CT molecular complexity index is 919. The van der Waals surface area contributed by atoms with Crippen LogP contribution in [0.2, 0.25) is 0 Å². The van der Waals surface area contributed by atoms with Gasteiger partial charge in [-0.25, -0.2) is 9.69 Å². The first kappa shape index (κ1) is 31.8. The van der Waals surface area contributed by atoms with E-state index in [0.29, 0.717) is 31.5 Å². The number of carbonyl (C=O) groups excluding carboxylic acids is 3. The average molecular weight is 531 g/mol. The minimum atomic E-state index is -0.799. The molecule has 2 rings (SSSR count). The SMILES string of the molecule is CCC[C@@H](NC(=O)N1C(=O)C(CC)(CC)C1OCC(=O)N(C)CCN(C(C)C)C(C)C)c1ccc(C)cc1. The summed E-state index contributed by atoms with van der Waals surface area (Å²) in [6.45, 7) is 17.7. The Kier molecular flexibility index (Phi) is 11.8. The summed E-state index contributed by atoms with van der Waals surface area (Å²) < 4.78 is 6.07. The van der Waals surface area contributed by atoms with E-state index in [9.17, 15) is 14.4 Å². The van der Waals surface area contributed by atoms with E-state index in [4.69, 9.17) is 4.74 Å². The van der Waals surface area contributed by atoms with E-state index in [0.717, 1.165) is 30.5 Å². The fraction of sp³-hybridized carbons (Fsp3) is 0.700. The van der Waals surface area contributed by atoms with Crippen LogP contribution in [-0.2, 0) is 14.3 Å². The van der Waals surface area contributed by atoms with Gasteiger partial charge in [0.2, 0.25) is 11.8 Å². The molecule has 4 amide bonds. The van der Waals surface area contributed by atoms with E-state index in [1.807, 2.05) is 45.0 Å². The second kappa shape index (κ2) is 14.1. The predicted molar refractivity (Wildman–Crippen MR) is 152 cm³/mol. The standard InChI is InChI=1S/C30H50N4O4/c1-10-13-25(24-16-14-23(8)15-17-24)31-29(37)34-27(36)30(11-2,12-3)28(34)38-20-26(35)32(9)18-19-33(21(4)5)22(6)7/h14-17,21-22,25,28H,10-13,18-20H2,1-9H3,(H,31,37)/t25-,28?/m1/s1. The van der Waals surface area contributed by atoms with Gasteiger partial charge < -0.3 is 15.0 Å². The normalized spacial score (nSPS) is 17.6. The van der Waals surface area contributed by atoms with Crippen LogP contribution in [0.5, 0.6) is 0 Å². The van der Waals surface area contributed by atoms with Crippen LogP contribution in [0.3, 0.4) is 0 Å². The summed E-state index contributed by atoms with van der Waals surface area (Å²) in [5.41, 5.74) is 1.35. The van der Waals surface area contributed by atoms with E-state index in [-0.39, 0.29) is 24.5 Å². The second-order valence-corrected chi connectivity index (χ2v) is 11.1. The van der Waals surface area contributed by atoms with Gasteiger partial charge in [0.15, 0.2) is 6.23 Å². The quantitative estimate of drug-likeness (QED) is 0.338. The highest BCUT2D eigenvalue weighted by Crippen LogP contribution is 2.46. The van der Waals surface area contributed by atoms with Crippen molar-refractivity contribution in [3.63, 3.8) is 0 Å². The summed E-state index contributed by atoms with van der Waals surface area (Å²) >= 11 is 0. The maximum Gasteiger partial charge on any atom is 0.326 e. The van der Waals surface area contributed by atoms with Gasteiger partial charge in [-0.1, -0.05) is 57.0 Å². The lowest BCUT2D eigenvalue weighted by Crippen LogP contribution is -2.72. The Hall–Kier alpha value is -2.45. The molecule has 0 spiro atoms. The van der Waals surface area contributed by atoms with Gasteiger partial charge in [-0.15, -0.1) is 0 Å². The molecule has 1 aliphatic heterocycles. The summed E-state index contributed by atoms with van der Waals surface area (Å²) in [7, 11) is 1.77. The average Bonchev–Trinajstić information content (AvgIpc) is 2.86. The van der Waals surface area contributed by atoms with Gasteiger partial charge in [0.05, 0.1) is 11.5 Å². The highest BCUT2D eigenvalue weighted by Gasteiger charge is 2.62. The van der Waals surface area contributed by atoms with Crippen molar-refractivity contribution in [1.82, 2.24) is 20.0 Å². The van der Waals surface area contributed by atoms with Crippen molar-refractivity contribution < 1.29 is 19.1 Å². The van der Waals surface area contributed by atoms with Crippen LogP contribution in [0, 0.1) is 12.3 Å². The lowest BCUT2D eigenvalue weighted by Gasteiger charge is -2.53. The molecule has 1 unspecified atom stereocenters. The van der Waals surface area contributed by atoms with Crippen molar-refractivity contribution in [2.75, 3.05) is 26.7 Å². The Balaban J connectivity index is 2.10. The number of hydrogen-bond acceptors (Lipinski definition) is 5. The maximum absolute atomic E-state index is 13.4. The topological polar surface area (TPSA) is 82.2 Å². The number of carbonyl (C=O) groups is 3. The third-order valence-electron chi connectivity index (χ3n) is 8.00. The number of likely N-dealkylation sites (N-methyl/N-ethyl adjacent to an activating group) is 1. The Labute approximate surface area is 230 Å². The number of urea groups is 1. The first-order chi connectivity index (χ1) is 17.9. The number of rotatable bonds is 14. The van der Waals surface area contributed by atoms with Gasteiger partial charge in [0, 0.05) is 32.2 Å². The van der Waals surface area contributed by atoms with Crippen LogP contribution >= 0.6 is 0 Å². The van der Waals surface area contributed by atoms with Crippen molar-refractivity contribution in [2.45, 2.75) is 105 Å². The van der Waals surface area contributed by atoms with Crippen LogP contribution in [0.25, 0.3) is 0 Å². The van der Waals surface area contributed by atoms with Crippen molar-refractivity contribution >= 4 is 17.8 Å². The van der Waals surface area contributed by atoms with Crippen LogP contribution in [-0.4, -0.2) is 77.6 Å². The number of likely N-dealkylation sites (tertiary alicyclic amines) is 1. The van der Waals surface area contributed by atoms with Gasteiger partial charge in [0.25, 0.3) is 0 Å². The molecule has 1 heterocycles. The minimum absolute atomic E-state index is 0.165. The Morgan fingerprint density at radius 2 is 1.61 bits per heavy atom. The monoisotopic (exact) mass is 530 g/mol. The molecule has 0 bridgehead atoms. The molecule has 0 aliphatic carbocycles. The fourth-order valence-electron chi connectivity index (χ4n) is 5.36. The van der Waals surface area contributed by atoms with Crippen LogP contribution in [0.1, 0.15) is 91.3 Å². The number of amides is 4. The summed E-state index contributed by atoms with van der Waals surface area (Å²) in [5.74, 6) is -0.406. The van der Waals surface area contributed by atoms with E-state index < -0.39 is 17.7 Å². The highest BCUT2D eigenvalue weighted by molar-refractivity contribution is 6.03. The second-order valence-electron chi connectivity index (χ2n) is 11.1. The summed E-state index contributed by atoms with van der Waals surface area (Å²) in [6.07, 6.45) is 1.93. The first-order valence-electron chi connectivity index (χ1n) is 14.2. The number of aryl methyl sites for hydroxylation is 1. The lowest BCUT2D eigenvalue weighted by atomic mass is 9.72. The molecule has 1 N–H and O–H groups in total. The number of β-lactam (4-membered cyclic amide) rings is 1. The third-order valence-corrected chi connectivity index (χ3v) is 8.00. The summed E-state index contributed by atoms with van der Waals surface area (Å²) in [5, 5.41) is 3.05. The molecule has 214 valence electrons. The summed E-state index contributed by atoms with van der Waals surface area (Å²) in [4.78, 5) is 44.8. The number of ether oxygens (including phenoxy) is 1. The zero-order valence-electron chi connectivity index (χ0n) is 25.0. The van der Waals surface area contributed by atoms with Gasteiger partial charge in [-0.05, 0) is 59.4 Å². The zero-order valence-corrected chi connectivity index (χ0v) is 25.0. The number of nitrogens with one attached hydrogen (secondary N) is 1. The van der Waals surface area contributed by atoms with E-state index in [1.165, 1.54) is 4.90 Å². The molecule has 1 aliphatic rings. The van der Waals surface area contributed by atoms with Crippen molar-refractivity contribution in [3.8, 4) is 0 Å². The predicted octanol–water partition coefficient (Wildman–Crippen LogP) is 5.11. The molecule has 0 saturated carbocycles. The lowest BCUT2D eigenvalue weighted by molar-refractivity contribution is -0.211. The smallest absolute Gasteiger partial charge is 0.326 e. The van der Waals surface area contributed by atoms with Gasteiger partial charge in [-0.2, -0.15) is 0 Å². The van der Waals surface area contributed by atoms with Crippen LogP contribution in [0.15, 0.2) is 24.3 Å². The van der Waals surface area contributed by atoms with Gasteiger partial charge in [0.1, 0.15) is 6.61 Å². The van der Waals surface area contributed by atoms with E-state index in [2.05, 4.69) is 44.8 Å². The Morgan fingerprint density at radius 3 is 2.11 bits per heavy atom. The minimum Gasteiger partial charge on any atom is -0.347 e. The molecule has 38 heavy (non-hydrogen) atoms. The molecule has 2 atom stereocenters. The molecule has 0 radical (unpaired) electrons. The van der Waals surface area contributed by atoms with Gasteiger partial charge in [-0.3, -0.25) is 14.5 Å². The largest absolute Gasteiger partial charge is 0.347 e. The molecule has 1 saturated heterocycles. The molecule has 8 heteroatoms. The van der Waals surface area contributed by atoms with Crippen molar-refractivity contribution in [3.05, 3.63) is 35.4 Å². The van der Waals surface area contributed by atoms with Crippen LogP contribution < -0.4 is 5.32 Å². The first-order valence-corrected chi connectivity index (χ1v) is 14.2.